The van der Waals surface area contributed by atoms with Gasteiger partial charge in [0.1, 0.15) is 0 Å². The molecule has 0 aliphatic heterocycles. The highest BCUT2D eigenvalue weighted by molar-refractivity contribution is 5.98. The van der Waals surface area contributed by atoms with E-state index in [1.807, 2.05) is 12.1 Å². The Kier molecular flexibility index (Phi) is 2.73. The van der Waals surface area contributed by atoms with Gasteiger partial charge in [0.25, 0.3) is 0 Å². The third-order valence-corrected chi connectivity index (χ3v) is 3.16. The van der Waals surface area contributed by atoms with Crippen LogP contribution in [0.25, 0.3) is 22.6 Å². The molecule has 1 aromatic heterocycles. The first-order valence-electron chi connectivity index (χ1n) is 6.16. The first-order chi connectivity index (χ1) is 8.86. The number of aromatic amines is 1. The van der Waals surface area contributed by atoms with Crippen LogP contribution in [-0.2, 0) is 0 Å². The van der Waals surface area contributed by atoms with Crippen LogP contribution in [0.1, 0.15) is 17.7 Å². The molecule has 0 radical (unpaired) electrons. The summed E-state index contributed by atoms with van der Waals surface area (Å²) in [5, 5.41) is 1.23. The van der Waals surface area contributed by atoms with Gasteiger partial charge in [0.15, 0.2) is 0 Å². The van der Waals surface area contributed by atoms with E-state index in [1.54, 1.807) is 0 Å². The van der Waals surface area contributed by atoms with Crippen LogP contribution < -0.4 is 0 Å². The predicted molar refractivity (Wildman–Crippen MR) is 79.3 cm³/mol. The van der Waals surface area contributed by atoms with Crippen LogP contribution in [0.15, 0.2) is 61.2 Å². The van der Waals surface area contributed by atoms with Crippen molar-refractivity contribution in [1.82, 2.24) is 4.98 Å². The van der Waals surface area contributed by atoms with Crippen LogP contribution in [0.4, 0.5) is 0 Å². The first kappa shape index (κ1) is 10.8. The number of aromatic nitrogens is 1. The third kappa shape index (κ3) is 1.84. The van der Waals surface area contributed by atoms with Crippen LogP contribution >= 0.6 is 0 Å². The van der Waals surface area contributed by atoms with Crippen LogP contribution in [-0.4, -0.2) is 4.98 Å². The van der Waals surface area contributed by atoms with Crippen molar-refractivity contribution in [3.8, 4) is 0 Å². The van der Waals surface area contributed by atoms with Gasteiger partial charge in [-0.2, -0.15) is 0 Å². The molecule has 0 saturated heterocycles. The largest absolute Gasteiger partial charge is 0.355 e. The number of rotatable bonds is 0. The summed E-state index contributed by atoms with van der Waals surface area (Å²) in [7, 11) is 0. The molecule has 0 atom stereocenters. The minimum absolute atomic E-state index is 0.950. The number of hydrogen-bond donors (Lipinski definition) is 1. The van der Waals surface area contributed by atoms with Crippen LogP contribution in [0.2, 0.25) is 0 Å². The van der Waals surface area contributed by atoms with E-state index in [1.165, 1.54) is 10.9 Å². The first-order valence-corrected chi connectivity index (χ1v) is 6.16. The van der Waals surface area contributed by atoms with Gasteiger partial charge in [-0.1, -0.05) is 55.2 Å². The molecule has 0 bridgehead atoms. The van der Waals surface area contributed by atoms with Crippen molar-refractivity contribution >= 4 is 22.6 Å². The second-order valence-corrected chi connectivity index (χ2v) is 4.41. The number of benzene rings is 1. The number of H-pyrrole nitrogens is 1. The van der Waals surface area contributed by atoms with Gasteiger partial charge in [-0.15, -0.1) is 0 Å². The molecule has 0 saturated carbocycles. The minimum Gasteiger partial charge on any atom is -0.355 e. The number of allylic oxidation sites excluding steroid dienone is 6. The maximum Gasteiger partial charge on any atom is 0.0467 e. The fourth-order valence-corrected chi connectivity index (χ4v) is 2.31. The van der Waals surface area contributed by atoms with Gasteiger partial charge in [0.05, 0.1) is 0 Å². The lowest BCUT2D eigenvalue weighted by Gasteiger charge is -2.02. The lowest BCUT2D eigenvalue weighted by Crippen LogP contribution is -1.82. The van der Waals surface area contributed by atoms with Crippen LogP contribution in [0, 0.1) is 0 Å². The van der Waals surface area contributed by atoms with Crippen LogP contribution in [0.3, 0.4) is 0 Å². The molecule has 0 unspecified atom stereocenters. The van der Waals surface area contributed by atoms with E-state index in [4.69, 9.17) is 0 Å². The lowest BCUT2D eigenvalue weighted by molar-refractivity contribution is 1.37. The van der Waals surface area contributed by atoms with Crippen molar-refractivity contribution in [2.24, 2.45) is 0 Å². The molecule has 18 heavy (non-hydrogen) atoms. The van der Waals surface area contributed by atoms with E-state index in [0.29, 0.717) is 0 Å². The predicted octanol–water partition coefficient (Wildman–Crippen LogP) is 4.71. The van der Waals surface area contributed by atoms with Gasteiger partial charge in [-0.3, -0.25) is 0 Å². The third-order valence-electron chi connectivity index (χ3n) is 3.16. The molecule has 1 N–H and O–H groups in total. The zero-order valence-corrected chi connectivity index (χ0v) is 10.2. The van der Waals surface area contributed by atoms with Gasteiger partial charge in [0, 0.05) is 22.2 Å². The number of fused-ring (bicyclic) bond motifs is 3. The van der Waals surface area contributed by atoms with Crippen molar-refractivity contribution < 1.29 is 0 Å². The van der Waals surface area contributed by atoms with E-state index >= 15 is 0 Å². The van der Waals surface area contributed by atoms with Gasteiger partial charge < -0.3 is 4.98 Å². The topological polar surface area (TPSA) is 15.8 Å². The Balaban J connectivity index is 2.27. The fourth-order valence-electron chi connectivity index (χ4n) is 2.31. The summed E-state index contributed by atoms with van der Waals surface area (Å²) in [5.41, 5.74) is 4.54. The highest BCUT2D eigenvalue weighted by atomic mass is 14.7. The molecule has 1 heterocycles. The highest BCUT2D eigenvalue weighted by Crippen LogP contribution is 2.30. The summed E-state index contributed by atoms with van der Waals surface area (Å²) < 4.78 is 0. The van der Waals surface area contributed by atoms with Crippen molar-refractivity contribution in [3.05, 3.63) is 72.5 Å². The van der Waals surface area contributed by atoms with Crippen molar-refractivity contribution in [1.29, 1.82) is 0 Å². The van der Waals surface area contributed by atoms with Gasteiger partial charge >= 0.3 is 0 Å². The monoisotopic (exact) mass is 233 g/mol. The van der Waals surface area contributed by atoms with Crippen molar-refractivity contribution in [2.45, 2.75) is 6.42 Å². The van der Waals surface area contributed by atoms with Crippen molar-refractivity contribution in [2.75, 3.05) is 0 Å². The molecular formula is C17H15N. The Morgan fingerprint density at radius 2 is 1.89 bits per heavy atom. The molecule has 0 spiro atoms. The Morgan fingerprint density at radius 3 is 2.83 bits per heavy atom. The molecule has 1 heteroatoms. The fraction of sp³-hybridized carbons (Fsp3) is 0.0588. The normalized spacial score (nSPS) is 20.3. The van der Waals surface area contributed by atoms with Crippen molar-refractivity contribution in [3.63, 3.8) is 0 Å². The average molecular weight is 233 g/mol. The zero-order valence-electron chi connectivity index (χ0n) is 10.2. The SMILES string of the molecule is C=C1/C=C\C=C/C/C=C\c2[nH]c3ccccc3c21. The maximum atomic E-state index is 4.18. The number of nitrogens with one attached hydrogen (secondary N) is 1. The quantitative estimate of drug-likeness (QED) is 0.678. The van der Waals surface area contributed by atoms with E-state index in [9.17, 15) is 0 Å². The van der Waals surface area contributed by atoms with Crippen LogP contribution in [0.5, 0.6) is 0 Å². The summed E-state index contributed by atoms with van der Waals surface area (Å²) >= 11 is 0. The molecule has 0 fully saturated rings. The Bertz CT molecular complexity index is 681. The van der Waals surface area contributed by atoms with E-state index in [2.05, 4.69) is 60.1 Å². The molecule has 3 rings (SSSR count). The molecule has 88 valence electrons. The molecule has 0 amide bonds. The second kappa shape index (κ2) is 4.53. The molecule has 1 aromatic carbocycles. The highest BCUT2D eigenvalue weighted by Gasteiger charge is 2.10. The van der Waals surface area contributed by atoms with E-state index in [0.717, 1.165) is 23.2 Å². The summed E-state index contributed by atoms with van der Waals surface area (Å²) in [6, 6.07) is 8.36. The Morgan fingerprint density at radius 1 is 1.00 bits per heavy atom. The second-order valence-electron chi connectivity index (χ2n) is 4.41. The minimum atomic E-state index is 0.950. The number of para-hydroxylation sites is 1. The van der Waals surface area contributed by atoms with Gasteiger partial charge in [-0.25, -0.2) is 0 Å². The summed E-state index contributed by atoms with van der Waals surface area (Å²) in [4.78, 5) is 3.46. The van der Waals surface area contributed by atoms with Gasteiger partial charge in [0.2, 0.25) is 0 Å². The lowest BCUT2D eigenvalue weighted by atomic mass is 10.0. The molecule has 1 aliphatic carbocycles. The molecular weight excluding hydrogens is 218 g/mol. The number of hydrogen-bond acceptors (Lipinski definition) is 0. The zero-order chi connectivity index (χ0) is 12.4. The van der Waals surface area contributed by atoms with E-state index < -0.39 is 0 Å². The summed E-state index contributed by atoms with van der Waals surface area (Å²) in [6.07, 6.45) is 13.6. The van der Waals surface area contributed by atoms with Gasteiger partial charge in [-0.05, 0) is 24.1 Å². The molecule has 2 aromatic rings. The summed E-state index contributed by atoms with van der Waals surface area (Å²) in [6.45, 7) is 4.18. The van der Waals surface area contributed by atoms with E-state index in [-0.39, 0.29) is 0 Å². The average Bonchev–Trinajstić information content (AvgIpc) is 2.75. The maximum absolute atomic E-state index is 4.18. The standard InChI is InChI=1S/C17H15N/c1-13-9-5-3-2-4-6-12-16-17(13)14-10-7-8-11-15(14)18-16/h2-3,5-12,18H,1,4H2/b3-2-,9-5-,12-6-. The Labute approximate surface area is 107 Å². The molecule has 1 aliphatic rings. The summed E-state index contributed by atoms with van der Waals surface area (Å²) in [5.74, 6) is 0. The smallest absolute Gasteiger partial charge is 0.0467 e. The Hall–Kier alpha value is -2.28. The molecule has 1 nitrogen and oxygen atoms in total.